The predicted octanol–water partition coefficient (Wildman–Crippen LogP) is 3.14. The zero-order chi connectivity index (χ0) is 12.4. The standard InChI is InChI=1S/C15H17NO2/c1-17-15-10-16-9-14-12(3-2-4-13(14)15)11-5-7-18-8-6-11/h2-4,9-11H,5-8H2,1H3. The van der Waals surface area contributed by atoms with Gasteiger partial charge in [0, 0.05) is 30.2 Å². The summed E-state index contributed by atoms with van der Waals surface area (Å²) in [6, 6.07) is 6.41. The van der Waals surface area contributed by atoms with Crippen molar-refractivity contribution in [3.63, 3.8) is 0 Å². The Kier molecular flexibility index (Phi) is 3.15. The van der Waals surface area contributed by atoms with Crippen LogP contribution in [0.15, 0.2) is 30.6 Å². The summed E-state index contributed by atoms with van der Waals surface area (Å²) < 4.78 is 10.8. The van der Waals surface area contributed by atoms with Gasteiger partial charge in [-0.05, 0) is 24.3 Å². The van der Waals surface area contributed by atoms with Crippen LogP contribution in [0.3, 0.4) is 0 Å². The molecule has 0 radical (unpaired) electrons. The van der Waals surface area contributed by atoms with E-state index in [0.717, 1.165) is 37.2 Å². The number of nitrogens with zero attached hydrogens (tertiary/aromatic N) is 1. The van der Waals surface area contributed by atoms with Crippen LogP contribution in [0.5, 0.6) is 5.75 Å². The lowest BCUT2D eigenvalue weighted by molar-refractivity contribution is 0.0856. The summed E-state index contributed by atoms with van der Waals surface area (Å²) in [5.74, 6) is 1.43. The molecule has 0 unspecified atom stereocenters. The molecular weight excluding hydrogens is 226 g/mol. The highest BCUT2D eigenvalue weighted by Crippen LogP contribution is 2.34. The highest BCUT2D eigenvalue weighted by molar-refractivity contribution is 5.90. The number of aromatic nitrogens is 1. The fourth-order valence-electron chi connectivity index (χ4n) is 2.72. The first-order chi connectivity index (χ1) is 8.90. The zero-order valence-corrected chi connectivity index (χ0v) is 10.6. The second-order valence-corrected chi connectivity index (χ2v) is 4.67. The van der Waals surface area contributed by atoms with E-state index in [-0.39, 0.29) is 0 Å². The fraction of sp³-hybridized carbons (Fsp3) is 0.400. The summed E-state index contributed by atoms with van der Waals surface area (Å²) in [6.07, 6.45) is 5.91. The van der Waals surface area contributed by atoms with Crippen molar-refractivity contribution < 1.29 is 9.47 Å². The van der Waals surface area contributed by atoms with Gasteiger partial charge in [0.2, 0.25) is 0 Å². The molecule has 0 N–H and O–H groups in total. The maximum Gasteiger partial charge on any atom is 0.144 e. The Labute approximate surface area is 107 Å². The van der Waals surface area contributed by atoms with Crippen LogP contribution in [0.1, 0.15) is 24.3 Å². The lowest BCUT2D eigenvalue weighted by Gasteiger charge is -2.23. The molecule has 1 saturated heterocycles. The third-order valence-electron chi connectivity index (χ3n) is 3.68. The molecule has 3 nitrogen and oxygen atoms in total. The molecule has 18 heavy (non-hydrogen) atoms. The van der Waals surface area contributed by atoms with Crippen molar-refractivity contribution in [1.82, 2.24) is 4.98 Å². The second-order valence-electron chi connectivity index (χ2n) is 4.67. The molecule has 3 heteroatoms. The number of hydrogen-bond acceptors (Lipinski definition) is 3. The van der Waals surface area contributed by atoms with Crippen LogP contribution >= 0.6 is 0 Å². The van der Waals surface area contributed by atoms with E-state index < -0.39 is 0 Å². The molecule has 3 rings (SSSR count). The van der Waals surface area contributed by atoms with E-state index in [9.17, 15) is 0 Å². The van der Waals surface area contributed by atoms with Crippen LogP contribution < -0.4 is 4.74 Å². The predicted molar refractivity (Wildman–Crippen MR) is 71.1 cm³/mol. The van der Waals surface area contributed by atoms with Gasteiger partial charge < -0.3 is 9.47 Å². The summed E-state index contributed by atoms with van der Waals surface area (Å²) in [5, 5.41) is 2.36. The lowest BCUT2D eigenvalue weighted by Crippen LogP contribution is -2.14. The number of hydrogen-bond donors (Lipinski definition) is 0. The Bertz CT molecular complexity index is 547. The minimum Gasteiger partial charge on any atom is -0.494 e. The molecule has 1 aliphatic heterocycles. The minimum absolute atomic E-state index is 0.580. The maximum absolute atomic E-state index is 5.44. The summed E-state index contributed by atoms with van der Waals surface area (Å²) in [4.78, 5) is 4.28. The van der Waals surface area contributed by atoms with Gasteiger partial charge in [-0.3, -0.25) is 4.98 Å². The lowest BCUT2D eigenvalue weighted by atomic mass is 9.88. The molecule has 0 amide bonds. The third-order valence-corrected chi connectivity index (χ3v) is 3.68. The van der Waals surface area contributed by atoms with Crippen LogP contribution in [-0.2, 0) is 4.74 Å². The van der Waals surface area contributed by atoms with Crippen LogP contribution in [0.25, 0.3) is 10.8 Å². The molecule has 1 aliphatic rings. The van der Waals surface area contributed by atoms with Crippen molar-refractivity contribution in [2.75, 3.05) is 20.3 Å². The molecule has 94 valence electrons. The molecule has 1 aromatic heterocycles. The number of rotatable bonds is 2. The van der Waals surface area contributed by atoms with Gasteiger partial charge in [-0.25, -0.2) is 0 Å². The average molecular weight is 243 g/mol. The van der Waals surface area contributed by atoms with Gasteiger partial charge in [-0.2, -0.15) is 0 Å². The first-order valence-corrected chi connectivity index (χ1v) is 6.38. The van der Waals surface area contributed by atoms with Gasteiger partial charge in [0.25, 0.3) is 0 Å². The Morgan fingerprint density at radius 2 is 2.00 bits per heavy atom. The third kappa shape index (κ3) is 1.95. The van der Waals surface area contributed by atoms with Crippen LogP contribution in [-0.4, -0.2) is 25.3 Å². The molecule has 0 spiro atoms. The summed E-state index contributed by atoms with van der Waals surface area (Å²) in [5.41, 5.74) is 1.38. The minimum atomic E-state index is 0.580. The van der Waals surface area contributed by atoms with E-state index in [1.807, 2.05) is 6.20 Å². The topological polar surface area (TPSA) is 31.4 Å². The molecule has 2 aromatic rings. The Balaban J connectivity index is 2.11. The smallest absolute Gasteiger partial charge is 0.144 e. The van der Waals surface area contributed by atoms with Gasteiger partial charge >= 0.3 is 0 Å². The van der Waals surface area contributed by atoms with E-state index in [4.69, 9.17) is 9.47 Å². The van der Waals surface area contributed by atoms with Gasteiger partial charge in [-0.15, -0.1) is 0 Å². The van der Waals surface area contributed by atoms with Gasteiger partial charge in [0.15, 0.2) is 0 Å². The highest BCUT2D eigenvalue weighted by Gasteiger charge is 2.18. The normalized spacial score (nSPS) is 16.9. The van der Waals surface area contributed by atoms with Crippen molar-refractivity contribution in [1.29, 1.82) is 0 Å². The number of fused-ring (bicyclic) bond motifs is 1. The van der Waals surface area contributed by atoms with Crippen molar-refractivity contribution >= 4 is 10.8 Å². The summed E-state index contributed by atoms with van der Waals surface area (Å²) >= 11 is 0. The van der Waals surface area contributed by atoms with Crippen molar-refractivity contribution in [3.8, 4) is 5.75 Å². The molecular formula is C15H17NO2. The number of ether oxygens (including phenoxy) is 2. The zero-order valence-electron chi connectivity index (χ0n) is 10.6. The van der Waals surface area contributed by atoms with Gasteiger partial charge in [-0.1, -0.05) is 18.2 Å². The average Bonchev–Trinajstić information content (AvgIpc) is 2.47. The molecule has 0 bridgehead atoms. The maximum atomic E-state index is 5.44. The van der Waals surface area contributed by atoms with Crippen molar-refractivity contribution in [2.24, 2.45) is 0 Å². The largest absolute Gasteiger partial charge is 0.494 e. The van der Waals surface area contributed by atoms with Crippen molar-refractivity contribution in [3.05, 3.63) is 36.2 Å². The van der Waals surface area contributed by atoms with E-state index in [0.29, 0.717) is 5.92 Å². The van der Waals surface area contributed by atoms with E-state index in [1.165, 1.54) is 10.9 Å². The van der Waals surface area contributed by atoms with Gasteiger partial charge in [0.1, 0.15) is 5.75 Å². The van der Waals surface area contributed by atoms with E-state index >= 15 is 0 Å². The number of pyridine rings is 1. The molecule has 1 aromatic carbocycles. The Morgan fingerprint density at radius 3 is 2.78 bits per heavy atom. The summed E-state index contributed by atoms with van der Waals surface area (Å²) in [7, 11) is 1.69. The quantitative estimate of drug-likeness (QED) is 0.812. The van der Waals surface area contributed by atoms with Crippen LogP contribution in [0.4, 0.5) is 0 Å². The first-order valence-electron chi connectivity index (χ1n) is 6.38. The second kappa shape index (κ2) is 4.94. The monoisotopic (exact) mass is 243 g/mol. The molecule has 0 saturated carbocycles. The Hall–Kier alpha value is -1.61. The molecule has 0 atom stereocenters. The van der Waals surface area contributed by atoms with Crippen LogP contribution in [0, 0.1) is 0 Å². The highest BCUT2D eigenvalue weighted by atomic mass is 16.5. The number of methoxy groups -OCH3 is 1. The van der Waals surface area contributed by atoms with Crippen LogP contribution in [0.2, 0.25) is 0 Å². The Morgan fingerprint density at radius 1 is 1.17 bits per heavy atom. The molecule has 2 heterocycles. The molecule has 0 aliphatic carbocycles. The van der Waals surface area contributed by atoms with E-state index in [2.05, 4.69) is 23.2 Å². The fourth-order valence-corrected chi connectivity index (χ4v) is 2.72. The van der Waals surface area contributed by atoms with Gasteiger partial charge in [0.05, 0.1) is 13.3 Å². The number of benzene rings is 1. The van der Waals surface area contributed by atoms with E-state index in [1.54, 1.807) is 13.3 Å². The first kappa shape index (κ1) is 11.5. The molecule has 1 fully saturated rings. The van der Waals surface area contributed by atoms with Crippen molar-refractivity contribution in [2.45, 2.75) is 18.8 Å². The summed E-state index contributed by atoms with van der Waals surface area (Å²) in [6.45, 7) is 1.72. The SMILES string of the molecule is COc1cncc2c(C3CCOCC3)cccc12.